The minimum atomic E-state index is -0.373. The summed E-state index contributed by atoms with van der Waals surface area (Å²) < 4.78 is 0. The molecular weight excluding hydrogens is 358 g/mol. The Balaban J connectivity index is 1.63. The van der Waals surface area contributed by atoms with Crippen LogP contribution in [0.3, 0.4) is 0 Å². The number of nitrogens with zero attached hydrogens (tertiary/aromatic N) is 2. The quantitative estimate of drug-likeness (QED) is 0.683. The highest BCUT2D eigenvalue weighted by atomic mass is 32.2. The van der Waals surface area contributed by atoms with Crippen molar-refractivity contribution < 1.29 is 9.59 Å². The van der Waals surface area contributed by atoms with Crippen molar-refractivity contribution in [3.05, 3.63) is 30.3 Å². The molecule has 2 fully saturated rings. The smallest absolute Gasteiger partial charge is 0.242 e. The van der Waals surface area contributed by atoms with E-state index in [9.17, 15) is 9.59 Å². The number of amidine groups is 1. The first-order valence-electron chi connectivity index (χ1n) is 9.99. The third-order valence-corrected chi connectivity index (χ3v) is 6.54. The Morgan fingerprint density at radius 3 is 2.67 bits per heavy atom. The number of carbonyl (C=O) groups is 2. The largest absolute Gasteiger partial charge is 0.359 e. The molecule has 0 spiro atoms. The molecule has 1 aliphatic carbocycles. The van der Waals surface area contributed by atoms with Crippen LogP contribution in [0.4, 0.5) is 5.69 Å². The van der Waals surface area contributed by atoms with Crippen molar-refractivity contribution in [2.75, 3.05) is 13.6 Å². The van der Waals surface area contributed by atoms with Gasteiger partial charge < -0.3 is 5.32 Å². The molecular formula is C21H29N3O2S. The maximum Gasteiger partial charge on any atom is 0.242 e. The average Bonchev–Trinajstić information content (AvgIpc) is 3.29. The Kier molecular flexibility index (Phi) is 7.33. The molecule has 5 nitrogen and oxygen atoms in total. The molecule has 146 valence electrons. The zero-order chi connectivity index (χ0) is 19.1. The maximum atomic E-state index is 12.9. The minimum absolute atomic E-state index is 0.0131. The number of thioether (sulfide) groups is 1. The third kappa shape index (κ3) is 5.58. The number of benzene rings is 1. The molecule has 1 aromatic rings. The van der Waals surface area contributed by atoms with E-state index >= 15 is 0 Å². The van der Waals surface area contributed by atoms with Crippen LogP contribution in [-0.2, 0) is 9.59 Å². The van der Waals surface area contributed by atoms with Gasteiger partial charge >= 0.3 is 0 Å². The third-order valence-electron chi connectivity index (χ3n) is 5.37. The normalized spacial score (nSPS) is 22.0. The van der Waals surface area contributed by atoms with E-state index in [-0.39, 0.29) is 23.5 Å². The van der Waals surface area contributed by atoms with Crippen molar-refractivity contribution in [1.82, 2.24) is 10.2 Å². The van der Waals surface area contributed by atoms with Crippen LogP contribution >= 0.6 is 11.8 Å². The lowest BCUT2D eigenvalue weighted by Gasteiger charge is -2.17. The summed E-state index contributed by atoms with van der Waals surface area (Å²) in [5, 5.41) is 2.96. The second-order valence-corrected chi connectivity index (χ2v) is 8.52. The van der Waals surface area contributed by atoms with Gasteiger partial charge in [0.25, 0.3) is 0 Å². The molecule has 6 heteroatoms. The van der Waals surface area contributed by atoms with Crippen molar-refractivity contribution in [3.8, 4) is 0 Å². The maximum absolute atomic E-state index is 12.9. The SMILES string of the molecule is CNC(=O)CC1SC(=Nc2ccccc2)N(CCCCC2CCCC2)C1=O. The topological polar surface area (TPSA) is 61.8 Å². The van der Waals surface area contributed by atoms with Crippen LogP contribution in [0, 0.1) is 5.92 Å². The second-order valence-electron chi connectivity index (χ2n) is 7.35. The second kappa shape index (κ2) is 9.93. The zero-order valence-corrected chi connectivity index (χ0v) is 16.8. The molecule has 2 amide bonds. The summed E-state index contributed by atoms with van der Waals surface area (Å²) in [6.07, 6.45) is 9.10. The number of amides is 2. The number of para-hydroxylation sites is 1. The van der Waals surface area contributed by atoms with Gasteiger partial charge in [0.1, 0.15) is 5.25 Å². The first-order chi connectivity index (χ1) is 13.2. The van der Waals surface area contributed by atoms with E-state index < -0.39 is 0 Å². The Hall–Kier alpha value is -1.82. The Morgan fingerprint density at radius 2 is 1.96 bits per heavy atom. The Morgan fingerprint density at radius 1 is 1.22 bits per heavy atom. The summed E-state index contributed by atoms with van der Waals surface area (Å²) in [7, 11) is 1.60. The first kappa shape index (κ1) is 19.9. The van der Waals surface area contributed by atoms with E-state index in [0.717, 1.165) is 29.6 Å². The lowest BCUT2D eigenvalue weighted by molar-refractivity contribution is -0.129. The average molecular weight is 388 g/mol. The van der Waals surface area contributed by atoms with E-state index in [4.69, 9.17) is 0 Å². The molecule has 0 aromatic heterocycles. The van der Waals surface area contributed by atoms with Crippen LogP contribution < -0.4 is 5.32 Å². The van der Waals surface area contributed by atoms with E-state index in [1.807, 2.05) is 30.3 Å². The van der Waals surface area contributed by atoms with Gasteiger partial charge in [-0.3, -0.25) is 14.5 Å². The number of nitrogens with one attached hydrogen (secondary N) is 1. The van der Waals surface area contributed by atoms with Gasteiger partial charge in [0.05, 0.1) is 5.69 Å². The fraction of sp³-hybridized carbons (Fsp3) is 0.571. The van der Waals surface area contributed by atoms with Crippen LogP contribution in [0.25, 0.3) is 0 Å². The summed E-state index contributed by atoms with van der Waals surface area (Å²) in [6.45, 7) is 0.689. The molecule has 1 saturated heterocycles. The van der Waals surface area contributed by atoms with Crippen molar-refractivity contribution in [1.29, 1.82) is 0 Å². The number of carbonyl (C=O) groups excluding carboxylic acids is 2. The molecule has 1 aliphatic heterocycles. The number of rotatable bonds is 8. The van der Waals surface area contributed by atoms with Gasteiger partial charge in [0.15, 0.2) is 5.17 Å². The van der Waals surface area contributed by atoms with Crippen LogP contribution in [0.5, 0.6) is 0 Å². The number of aliphatic imine (C=N–C) groups is 1. The molecule has 1 unspecified atom stereocenters. The summed E-state index contributed by atoms with van der Waals surface area (Å²) in [5.74, 6) is 0.786. The number of hydrogen-bond donors (Lipinski definition) is 1. The summed E-state index contributed by atoms with van der Waals surface area (Å²) >= 11 is 1.41. The fourth-order valence-electron chi connectivity index (χ4n) is 3.82. The first-order valence-corrected chi connectivity index (χ1v) is 10.9. The molecule has 27 heavy (non-hydrogen) atoms. The van der Waals surface area contributed by atoms with Crippen LogP contribution in [0.15, 0.2) is 35.3 Å². The van der Waals surface area contributed by atoms with E-state index in [2.05, 4.69) is 10.3 Å². The molecule has 1 aromatic carbocycles. The molecule has 1 atom stereocenters. The molecule has 1 N–H and O–H groups in total. The molecule has 1 heterocycles. The fourth-order valence-corrected chi connectivity index (χ4v) is 5.00. The van der Waals surface area contributed by atoms with Gasteiger partial charge in [-0.15, -0.1) is 0 Å². The molecule has 1 saturated carbocycles. The van der Waals surface area contributed by atoms with E-state index in [1.165, 1.54) is 43.9 Å². The molecule has 0 bridgehead atoms. The molecule has 2 aliphatic rings. The number of unbranched alkanes of at least 4 members (excludes halogenated alkanes) is 1. The zero-order valence-electron chi connectivity index (χ0n) is 16.0. The highest BCUT2D eigenvalue weighted by Crippen LogP contribution is 2.33. The van der Waals surface area contributed by atoms with Crippen LogP contribution in [-0.4, -0.2) is 40.7 Å². The lowest BCUT2D eigenvalue weighted by Crippen LogP contribution is -2.34. The van der Waals surface area contributed by atoms with Gasteiger partial charge in [-0.2, -0.15) is 0 Å². The van der Waals surface area contributed by atoms with Crippen LogP contribution in [0.2, 0.25) is 0 Å². The summed E-state index contributed by atoms with van der Waals surface area (Å²) in [6, 6.07) is 9.69. The highest BCUT2D eigenvalue weighted by molar-refractivity contribution is 8.15. The van der Waals surface area contributed by atoms with Crippen LogP contribution in [0.1, 0.15) is 51.4 Å². The summed E-state index contributed by atoms with van der Waals surface area (Å²) in [4.78, 5) is 31.1. The van der Waals surface area contributed by atoms with Gasteiger partial charge in [-0.05, 0) is 24.5 Å². The van der Waals surface area contributed by atoms with Gasteiger partial charge in [-0.25, -0.2) is 4.99 Å². The van der Waals surface area contributed by atoms with Crippen molar-refractivity contribution in [3.63, 3.8) is 0 Å². The van der Waals surface area contributed by atoms with E-state index in [0.29, 0.717) is 6.54 Å². The Labute approximate surface area is 166 Å². The predicted molar refractivity (Wildman–Crippen MR) is 111 cm³/mol. The highest BCUT2D eigenvalue weighted by Gasteiger charge is 2.38. The van der Waals surface area contributed by atoms with E-state index in [1.54, 1.807) is 11.9 Å². The standard InChI is InChI=1S/C21H29N3O2S/c1-22-19(25)15-18-20(26)24(14-8-7-11-16-9-5-6-10-16)21(27-18)23-17-12-3-2-4-13-17/h2-4,12-13,16,18H,5-11,14-15H2,1H3,(H,22,25). The van der Waals surface area contributed by atoms with Crippen molar-refractivity contribution in [2.24, 2.45) is 10.9 Å². The van der Waals surface area contributed by atoms with Gasteiger partial charge in [-0.1, -0.05) is 68.5 Å². The lowest BCUT2D eigenvalue weighted by atomic mass is 10.0. The Bertz CT molecular complexity index is 671. The van der Waals surface area contributed by atoms with Gasteiger partial charge in [0.2, 0.25) is 11.8 Å². The van der Waals surface area contributed by atoms with Crippen molar-refractivity contribution in [2.45, 2.75) is 56.6 Å². The number of hydrogen-bond acceptors (Lipinski definition) is 4. The monoisotopic (exact) mass is 387 g/mol. The molecule has 0 radical (unpaired) electrons. The summed E-state index contributed by atoms with van der Waals surface area (Å²) in [5.41, 5.74) is 0.837. The van der Waals surface area contributed by atoms with Crippen molar-refractivity contribution >= 4 is 34.4 Å². The molecule has 3 rings (SSSR count). The predicted octanol–water partition coefficient (Wildman–Crippen LogP) is 4.11. The minimum Gasteiger partial charge on any atom is -0.359 e. The van der Waals surface area contributed by atoms with Gasteiger partial charge in [0, 0.05) is 20.0 Å².